The molecule has 3 aromatic rings. The summed E-state index contributed by atoms with van der Waals surface area (Å²) in [4.78, 5) is 16.1. The number of aromatic nitrogens is 4. The lowest BCUT2D eigenvalue weighted by atomic mass is 10.2. The minimum atomic E-state index is -0.372. The molecule has 114 valence electrons. The zero-order valence-corrected chi connectivity index (χ0v) is 13.4. The zero-order valence-electron chi connectivity index (χ0n) is 12.6. The molecule has 0 aliphatic rings. The van der Waals surface area contributed by atoms with E-state index in [1.54, 1.807) is 6.92 Å². The Morgan fingerprint density at radius 2 is 2.14 bits per heavy atom. The Balaban J connectivity index is 2.09. The number of hydrogen-bond acceptors (Lipinski definition) is 6. The van der Waals surface area contributed by atoms with Crippen LogP contribution in [0.4, 0.5) is 0 Å². The van der Waals surface area contributed by atoms with Crippen molar-refractivity contribution in [1.29, 1.82) is 0 Å². The maximum absolute atomic E-state index is 11.5. The third-order valence-corrected chi connectivity index (χ3v) is 4.42. The van der Waals surface area contributed by atoms with Crippen LogP contribution in [-0.4, -0.2) is 38.1 Å². The predicted molar refractivity (Wildman–Crippen MR) is 85.8 cm³/mol. The van der Waals surface area contributed by atoms with Crippen molar-refractivity contribution in [3.63, 3.8) is 0 Å². The Morgan fingerprint density at radius 3 is 2.86 bits per heavy atom. The van der Waals surface area contributed by atoms with Crippen molar-refractivity contribution < 1.29 is 9.53 Å². The molecule has 0 fully saturated rings. The second-order valence-electron chi connectivity index (χ2n) is 4.81. The topological polar surface area (TPSA) is 69.9 Å². The van der Waals surface area contributed by atoms with E-state index in [0.717, 1.165) is 28.6 Å². The highest BCUT2D eigenvalue weighted by atomic mass is 32.2. The van der Waals surface area contributed by atoms with Gasteiger partial charge >= 0.3 is 5.97 Å². The molecule has 0 unspecified atom stereocenters. The fraction of sp³-hybridized carbons (Fsp3) is 0.333. The van der Waals surface area contributed by atoms with Crippen LogP contribution in [-0.2, 0) is 16.1 Å². The van der Waals surface area contributed by atoms with Crippen molar-refractivity contribution in [2.45, 2.75) is 30.8 Å². The van der Waals surface area contributed by atoms with Crippen molar-refractivity contribution in [2.24, 2.45) is 0 Å². The van der Waals surface area contributed by atoms with Crippen molar-refractivity contribution in [1.82, 2.24) is 19.7 Å². The summed E-state index contributed by atoms with van der Waals surface area (Å²) in [6.07, 6.45) is 0. The van der Waals surface area contributed by atoms with E-state index in [0.29, 0.717) is 5.16 Å². The fourth-order valence-corrected chi connectivity index (χ4v) is 3.17. The molecule has 1 atom stereocenters. The maximum atomic E-state index is 11.5. The molecule has 0 aliphatic carbocycles. The van der Waals surface area contributed by atoms with Gasteiger partial charge in [0.05, 0.1) is 12.6 Å². The van der Waals surface area contributed by atoms with Gasteiger partial charge in [-0.1, -0.05) is 30.0 Å². The highest BCUT2D eigenvalue weighted by Gasteiger charge is 2.19. The Hall–Kier alpha value is -2.15. The number of para-hydroxylation sites is 1. The number of fused-ring (bicyclic) bond motifs is 3. The van der Waals surface area contributed by atoms with Gasteiger partial charge in [0.2, 0.25) is 5.16 Å². The van der Waals surface area contributed by atoms with E-state index in [4.69, 9.17) is 4.74 Å². The van der Waals surface area contributed by atoms with Gasteiger partial charge in [-0.15, -0.1) is 10.2 Å². The van der Waals surface area contributed by atoms with E-state index in [1.807, 2.05) is 24.3 Å². The summed E-state index contributed by atoms with van der Waals surface area (Å²) in [6, 6.07) is 8.04. The number of methoxy groups -OCH3 is 1. The first kappa shape index (κ1) is 14.8. The summed E-state index contributed by atoms with van der Waals surface area (Å²) in [5.41, 5.74) is 2.66. The molecular formula is C15H16N4O2S. The monoisotopic (exact) mass is 316 g/mol. The van der Waals surface area contributed by atoms with Crippen molar-refractivity contribution in [2.75, 3.05) is 7.11 Å². The number of rotatable bonds is 4. The molecule has 0 radical (unpaired) electrons. The second-order valence-corrected chi connectivity index (χ2v) is 6.12. The first-order valence-electron chi connectivity index (χ1n) is 7.01. The largest absolute Gasteiger partial charge is 0.468 e. The standard InChI is InChI=1S/C15H16N4O2S/c1-4-19-11-8-6-5-7-10(11)12-13(19)16-15(18-17-12)22-9(2)14(20)21-3/h5-9H,4H2,1-3H3/t9-/m1/s1. The molecular weight excluding hydrogens is 300 g/mol. The van der Waals surface area contributed by atoms with Gasteiger partial charge in [-0.05, 0) is 19.9 Å². The average Bonchev–Trinajstić information content (AvgIpc) is 2.86. The number of esters is 1. The van der Waals surface area contributed by atoms with Gasteiger partial charge in [0.1, 0.15) is 10.8 Å². The number of aryl methyl sites for hydroxylation is 1. The maximum Gasteiger partial charge on any atom is 0.318 e. The molecule has 2 heterocycles. The van der Waals surface area contributed by atoms with E-state index in [9.17, 15) is 4.79 Å². The van der Waals surface area contributed by atoms with E-state index in [-0.39, 0.29) is 11.2 Å². The molecule has 6 nitrogen and oxygen atoms in total. The summed E-state index contributed by atoms with van der Waals surface area (Å²) in [5.74, 6) is -0.301. The predicted octanol–water partition coefficient (Wildman–Crippen LogP) is 2.65. The number of hydrogen-bond donors (Lipinski definition) is 0. The SMILES string of the molecule is CCn1c2ccccc2c2nnc(S[C@H](C)C(=O)OC)nc21. The zero-order chi connectivity index (χ0) is 15.7. The smallest absolute Gasteiger partial charge is 0.318 e. The van der Waals surface area contributed by atoms with Crippen LogP contribution in [0.2, 0.25) is 0 Å². The number of nitrogens with zero attached hydrogens (tertiary/aromatic N) is 4. The Bertz CT molecular complexity index is 846. The van der Waals surface area contributed by atoms with E-state index in [1.165, 1.54) is 18.9 Å². The van der Waals surface area contributed by atoms with E-state index < -0.39 is 0 Å². The van der Waals surface area contributed by atoms with Crippen LogP contribution >= 0.6 is 11.8 Å². The number of thioether (sulfide) groups is 1. The van der Waals surface area contributed by atoms with Gasteiger partial charge in [-0.2, -0.15) is 0 Å². The molecule has 0 aliphatic heterocycles. The van der Waals surface area contributed by atoms with Crippen LogP contribution < -0.4 is 0 Å². The first-order chi connectivity index (χ1) is 10.7. The molecule has 0 spiro atoms. The van der Waals surface area contributed by atoms with Gasteiger partial charge in [0, 0.05) is 11.9 Å². The molecule has 7 heteroatoms. The summed E-state index contributed by atoms with van der Waals surface area (Å²) < 4.78 is 6.83. The molecule has 0 bridgehead atoms. The molecule has 0 saturated carbocycles. The first-order valence-corrected chi connectivity index (χ1v) is 7.89. The minimum absolute atomic E-state index is 0.301. The third kappa shape index (κ3) is 2.41. The van der Waals surface area contributed by atoms with Gasteiger partial charge in [-0.25, -0.2) is 4.98 Å². The van der Waals surface area contributed by atoms with Gasteiger partial charge in [0.25, 0.3) is 0 Å². The third-order valence-electron chi connectivity index (χ3n) is 3.49. The Kier molecular flexibility index (Phi) is 3.98. The molecule has 2 aromatic heterocycles. The lowest BCUT2D eigenvalue weighted by Gasteiger charge is -2.07. The number of benzene rings is 1. The molecule has 22 heavy (non-hydrogen) atoms. The van der Waals surface area contributed by atoms with Crippen molar-refractivity contribution >= 4 is 39.8 Å². The van der Waals surface area contributed by atoms with E-state index in [2.05, 4.69) is 26.7 Å². The Labute approximate surface area is 131 Å². The number of carbonyl (C=O) groups excluding carboxylic acids is 1. The van der Waals surface area contributed by atoms with Crippen LogP contribution in [0, 0.1) is 0 Å². The number of ether oxygens (including phenoxy) is 1. The molecule has 1 aromatic carbocycles. The fourth-order valence-electron chi connectivity index (χ4n) is 2.43. The average molecular weight is 316 g/mol. The van der Waals surface area contributed by atoms with Gasteiger partial charge < -0.3 is 9.30 Å². The summed E-state index contributed by atoms with van der Waals surface area (Å²) >= 11 is 1.25. The van der Waals surface area contributed by atoms with Gasteiger partial charge in [0.15, 0.2) is 5.65 Å². The van der Waals surface area contributed by atoms with Gasteiger partial charge in [-0.3, -0.25) is 4.79 Å². The molecule has 0 saturated heterocycles. The number of carbonyl (C=O) groups is 1. The highest BCUT2D eigenvalue weighted by Crippen LogP contribution is 2.28. The molecule has 3 rings (SSSR count). The highest BCUT2D eigenvalue weighted by molar-refractivity contribution is 8.00. The summed E-state index contributed by atoms with van der Waals surface area (Å²) in [5, 5.41) is 9.59. The summed E-state index contributed by atoms with van der Waals surface area (Å²) in [6.45, 7) is 4.62. The lowest BCUT2D eigenvalue weighted by molar-refractivity contribution is -0.139. The van der Waals surface area contributed by atoms with Crippen LogP contribution in [0.3, 0.4) is 0 Å². The van der Waals surface area contributed by atoms with Crippen LogP contribution in [0.25, 0.3) is 22.1 Å². The van der Waals surface area contributed by atoms with E-state index >= 15 is 0 Å². The molecule has 0 N–H and O–H groups in total. The Morgan fingerprint density at radius 1 is 1.36 bits per heavy atom. The normalized spacial score (nSPS) is 12.7. The minimum Gasteiger partial charge on any atom is -0.468 e. The second kappa shape index (κ2) is 5.92. The molecule has 0 amide bonds. The van der Waals surface area contributed by atoms with Crippen LogP contribution in [0.5, 0.6) is 0 Å². The van der Waals surface area contributed by atoms with Crippen LogP contribution in [0.1, 0.15) is 13.8 Å². The van der Waals surface area contributed by atoms with Crippen LogP contribution in [0.15, 0.2) is 29.4 Å². The van der Waals surface area contributed by atoms with Crippen molar-refractivity contribution in [3.8, 4) is 0 Å². The van der Waals surface area contributed by atoms with Crippen molar-refractivity contribution in [3.05, 3.63) is 24.3 Å². The quantitative estimate of drug-likeness (QED) is 0.544. The lowest BCUT2D eigenvalue weighted by Crippen LogP contribution is -2.15. The summed E-state index contributed by atoms with van der Waals surface area (Å²) in [7, 11) is 1.37.